The van der Waals surface area contributed by atoms with Crippen LogP contribution in [-0.2, 0) is 0 Å². The summed E-state index contributed by atoms with van der Waals surface area (Å²) in [6.45, 7) is 1.80. The number of fused-ring (bicyclic) bond motifs is 1. The lowest BCUT2D eigenvalue weighted by Crippen LogP contribution is -2.06. The number of imidazole rings is 1. The number of hydrogen-bond acceptors (Lipinski definition) is 3. The Labute approximate surface area is 74.0 Å². The number of nitrogens with one attached hydrogen (secondary N) is 1. The summed E-state index contributed by atoms with van der Waals surface area (Å²) in [6.07, 6.45) is 1.13. The molecular formula is C8H9FN4. The van der Waals surface area contributed by atoms with Crippen LogP contribution < -0.4 is 5.73 Å². The molecule has 2 heterocycles. The van der Waals surface area contributed by atoms with E-state index in [0.717, 1.165) is 6.20 Å². The highest BCUT2D eigenvalue weighted by Crippen LogP contribution is 2.12. The highest BCUT2D eigenvalue weighted by atomic mass is 19.1. The van der Waals surface area contributed by atoms with E-state index < -0.39 is 0 Å². The average molecular weight is 180 g/mol. The van der Waals surface area contributed by atoms with E-state index in [4.69, 9.17) is 5.73 Å². The first-order chi connectivity index (χ1) is 6.16. The fourth-order valence-corrected chi connectivity index (χ4v) is 1.11. The monoisotopic (exact) mass is 180 g/mol. The Morgan fingerprint density at radius 1 is 1.62 bits per heavy atom. The Bertz CT molecular complexity index is 435. The van der Waals surface area contributed by atoms with Gasteiger partial charge in [0.2, 0.25) is 0 Å². The van der Waals surface area contributed by atoms with Crippen LogP contribution in [0.4, 0.5) is 4.39 Å². The minimum atomic E-state index is -0.382. The number of aromatic nitrogens is 3. The van der Waals surface area contributed by atoms with Crippen LogP contribution in [0.25, 0.3) is 11.2 Å². The van der Waals surface area contributed by atoms with Gasteiger partial charge in [-0.15, -0.1) is 0 Å². The minimum Gasteiger partial charge on any atom is -0.339 e. The number of pyridine rings is 1. The molecule has 0 amide bonds. The maximum Gasteiger partial charge on any atom is 0.177 e. The van der Waals surface area contributed by atoms with Crippen molar-refractivity contribution in [3.8, 4) is 0 Å². The van der Waals surface area contributed by atoms with Crippen LogP contribution in [0.5, 0.6) is 0 Å². The molecule has 0 aliphatic rings. The number of hydrogen-bond donors (Lipinski definition) is 2. The number of nitrogens with zero attached hydrogens (tertiary/aromatic N) is 2. The van der Waals surface area contributed by atoms with Gasteiger partial charge in [0, 0.05) is 6.07 Å². The summed E-state index contributed by atoms with van der Waals surface area (Å²) in [5.74, 6) is 0.237. The maximum absolute atomic E-state index is 12.7. The fraction of sp³-hybridized carbons (Fsp3) is 0.250. The molecule has 0 saturated carbocycles. The van der Waals surface area contributed by atoms with Crippen LogP contribution in [0.2, 0.25) is 0 Å². The van der Waals surface area contributed by atoms with Gasteiger partial charge in [0.15, 0.2) is 5.65 Å². The number of H-pyrrole nitrogens is 1. The molecule has 0 aliphatic heterocycles. The molecule has 0 saturated heterocycles. The average Bonchev–Trinajstić information content (AvgIpc) is 2.46. The summed E-state index contributed by atoms with van der Waals surface area (Å²) >= 11 is 0. The van der Waals surface area contributed by atoms with Crippen LogP contribution in [0, 0.1) is 5.82 Å². The second-order valence-electron chi connectivity index (χ2n) is 2.94. The van der Waals surface area contributed by atoms with Gasteiger partial charge < -0.3 is 10.7 Å². The third-order valence-electron chi connectivity index (χ3n) is 1.75. The van der Waals surface area contributed by atoms with E-state index in [1.54, 1.807) is 6.92 Å². The molecule has 1 atom stereocenters. The number of halogens is 1. The van der Waals surface area contributed by atoms with Crippen molar-refractivity contribution >= 4 is 11.2 Å². The molecular weight excluding hydrogens is 171 g/mol. The molecule has 0 spiro atoms. The van der Waals surface area contributed by atoms with Crippen molar-refractivity contribution in [3.63, 3.8) is 0 Å². The second-order valence-corrected chi connectivity index (χ2v) is 2.94. The quantitative estimate of drug-likeness (QED) is 0.690. The largest absolute Gasteiger partial charge is 0.339 e. The third-order valence-corrected chi connectivity index (χ3v) is 1.75. The van der Waals surface area contributed by atoms with Gasteiger partial charge in [0.25, 0.3) is 0 Å². The van der Waals surface area contributed by atoms with E-state index in [1.165, 1.54) is 6.07 Å². The van der Waals surface area contributed by atoms with Gasteiger partial charge in [-0.2, -0.15) is 0 Å². The lowest BCUT2D eigenvalue weighted by Gasteiger charge is -1.96. The van der Waals surface area contributed by atoms with E-state index in [-0.39, 0.29) is 11.9 Å². The van der Waals surface area contributed by atoms with Crippen molar-refractivity contribution in [1.29, 1.82) is 0 Å². The van der Waals surface area contributed by atoms with Gasteiger partial charge in [0.05, 0.1) is 17.8 Å². The Hall–Kier alpha value is -1.49. The summed E-state index contributed by atoms with van der Waals surface area (Å²) in [4.78, 5) is 10.8. The zero-order chi connectivity index (χ0) is 9.42. The molecule has 13 heavy (non-hydrogen) atoms. The normalized spacial score (nSPS) is 13.5. The molecule has 4 nitrogen and oxygen atoms in total. The summed E-state index contributed by atoms with van der Waals surface area (Å²) < 4.78 is 12.7. The van der Waals surface area contributed by atoms with Crippen LogP contribution in [0.1, 0.15) is 18.8 Å². The Morgan fingerprint density at radius 2 is 2.38 bits per heavy atom. The second kappa shape index (κ2) is 2.77. The summed E-state index contributed by atoms with van der Waals surface area (Å²) in [6, 6.07) is 1.15. The predicted octanol–water partition coefficient (Wildman–Crippen LogP) is 1.12. The van der Waals surface area contributed by atoms with Gasteiger partial charge in [-0.3, -0.25) is 0 Å². The van der Waals surface area contributed by atoms with E-state index in [9.17, 15) is 4.39 Å². The predicted molar refractivity (Wildman–Crippen MR) is 46.4 cm³/mol. The Morgan fingerprint density at radius 3 is 3.08 bits per heavy atom. The lowest BCUT2D eigenvalue weighted by molar-refractivity contribution is 0.624. The number of aromatic amines is 1. The van der Waals surface area contributed by atoms with Gasteiger partial charge in [0.1, 0.15) is 11.6 Å². The Balaban J connectivity index is 2.62. The molecule has 0 radical (unpaired) electrons. The minimum absolute atomic E-state index is 0.197. The smallest absolute Gasteiger partial charge is 0.177 e. The molecule has 2 rings (SSSR count). The van der Waals surface area contributed by atoms with Crippen molar-refractivity contribution in [2.45, 2.75) is 13.0 Å². The highest BCUT2D eigenvalue weighted by molar-refractivity contribution is 5.70. The molecule has 2 aromatic rings. The van der Waals surface area contributed by atoms with Gasteiger partial charge >= 0.3 is 0 Å². The van der Waals surface area contributed by atoms with Crippen LogP contribution in [0.15, 0.2) is 12.3 Å². The molecule has 3 N–H and O–H groups in total. The van der Waals surface area contributed by atoms with Gasteiger partial charge in [-0.1, -0.05) is 0 Å². The van der Waals surface area contributed by atoms with Crippen molar-refractivity contribution in [1.82, 2.24) is 15.0 Å². The molecule has 1 unspecified atom stereocenters. The van der Waals surface area contributed by atoms with Crippen molar-refractivity contribution in [2.24, 2.45) is 5.73 Å². The molecule has 0 aliphatic carbocycles. The van der Waals surface area contributed by atoms with Crippen molar-refractivity contribution in [3.05, 3.63) is 23.9 Å². The first-order valence-corrected chi connectivity index (χ1v) is 3.93. The summed E-state index contributed by atoms with van der Waals surface area (Å²) in [7, 11) is 0. The highest BCUT2D eigenvalue weighted by Gasteiger charge is 2.07. The molecule has 0 bridgehead atoms. The van der Waals surface area contributed by atoms with Crippen LogP contribution >= 0.6 is 0 Å². The first kappa shape index (κ1) is 8.12. The molecule has 5 heteroatoms. The topological polar surface area (TPSA) is 67.6 Å². The molecule has 68 valence electrons. The van der Waals surface area contributed by atoms with Gasteiger partial charge in [-0.05, 0) is 6.92 Å². The van der Waals surface area contributed by atoms with Crippen LogP contribution in [0.3, 0.4) is 0 Å². The standard InChI is InChI=1S/C8H9FN4/c1-4(10)7-12-6-2-5(9)3-11-8(6)13-7/h2-4H,10H2,1H3,(H,11,12,13). The first-order valence-electron chi connectivity index (χ1n) is 3.93. The van der Waals surface area contributed by atoms with Gasteiger partial charge in [-0.25, -0.2) is 14.4 Å². The van der Waals surface area contributed by atoms with E-state index in [1.807, 2.05) is 0 Å². The van der Waals surface area contributed by atoms with Crippen molar-refractivity contribution in [2.75, 3.05) is 0 Å². The molecule has 2 aromatic heterocycles. The molecule has 0 fully saturated rings. The summed E-state index contributed by atoms with van der Waals surface area (Å²) in [5.41, 5.74) is 6.67. The fourth-order valence-electron chi connectivity index (χ4n) is 1.11. The zero-order valence-corrected chi connectivity index (χ0v) is 7.08. The SMILES string of the molecule is CC(N)c1nc2ncc(F)cc2[nH]1. The maximum atomic E-state index is 12.7. The van der Waals surface area contributed by atoms with Crippen LogP contribution in [-0.4, -0.2) is 15.0 Å². The molecule has 0 aromatic carbocycles. The number of rotatable bonds is 1. The lowest BCUT2D eigenvalue weighted by atomic mass is 10.3. The zero-order valence-electron chi connectivity index (χ0n) is 7.08. The Kier molecular flexibility index (Phi) is 1.73. The summed E-state index contributed by atoms with van der Waals surface area (Å²) in [5, 5.41) is 0. The van der Waals surface area contributed by atoms with E-state index >= 15 is 0 Å². The third kappa shape index (κ3) is 1.38. The van der Waals surface area contributed by atoms with E-state index in [2.05, 4.69) is 15.0 Å². The number of nitrogens with two attached hydrogens (primary N) is 1. The van der Waals surface area contributed by atoms with Crippen molar-refractivity contribution < 1.29 is 4.39 Å². The van der Waals surface area contributed by atoms with E-state index in [0.29, 0.717) is 17.0 Å².